The second kappa shape index (κ2) is 6.62. The van der Waals surface area contributed by atoms with E-state index < -0.39 is 0 Å². The van der Waals surface area contributed by atoms with Gasteiger partial charge in [-0.15, -0.1) is 23.1 Å². The fourth-order valence-corrected chi connectivity index (χ4v) is 4.46. The zero-order chi connectivity index (χ0) is 15.5. The van der Waals surface area contributed by atoms with Crippen LogP contribution in [0.25, 0.3) is 0 Å². The molecular formula is C16H17NO3S2. The van der Waals surface area contributed by atoms with Crippen molar-refractivity contribution >= 4 is 29.0 Å². The number of nitrogens with zero attached hydrogens (tertiary/aromatic N) is 1. The predicted molar refractivity (Wildman–Crippen MR) is 90.1 cm³/mol. The van der Waals surface area contributed by atoms with Crippen LogP contribution in [0.4, 0.5) is 0 Å². The lowest BCUT2D eigenvalue weighted by atomic mass is 10.1. The summed E-state index contributed by atoms with van der Waals surface area (Å²) in [6.07, 6.45) is 0. The van der Waals surface area contributed by atoms with Gasteiger partial charge in [0.2, 0.25) is 0 Å². The van der Waals surface area contributed by atoms with Gasteiger partial charge in [0.05, 0.1) is 19.1 Å². The third-order valence-electron chi connectivity index (χ3n) is 3.59. The second-order valence-electron chi connectivity index (χ2n) is 4.81. The van der Waals surface area contributed by atoms with E-state index in [4.69, 9.17) is 9.47 Å². The summed E-state index contributed by atoms with van der Waals surface area (Å²) in [5.74, 6) is 2.55. The van der Waals surface area contributed by atoms with E-state index in [1.807, 2.05) is 40.6 Å². The summed E-state index contributed by atoms with van der Waals surface area (Å²) >= 11 is 3.23. The summed E-state index contributed by atoms with van der Waals surface area (Å²) in [6, 6.07) is 9.49. The van der Waals surface area contributed by atoms with Gasteiger partial charge in [-0.2, -0.15) is 0 Å². The largest absolute Gasteiger partial charge is 0.497 e. The van der Waals surface area contributed by atoms with Gasteiger partial charge in [-0.1, -0.05) is 6.07 Å². The lowest BCUT2D eigenvalue weighted by Crippen LogP contribution is -2.30. The van der Waals surface area contributed by atoms with Gasteiger partial charge in [0.25, 0.3) is 5.91 Å². The maximum atomic E-state index is 12.7. The predicted octanol–water partition coefficient (Wildman–Crippen LogP) is 3.65. The number of rotatable bonds is 4. The highest BCUT2D eigenvalue weighted by molar-refractivity contribution is 7.99. The molecule has 0 bridgehead atoms. The fourth-order valence-electron chi connectivity index (χ4n) is 2.51. The van der Waals surface area contributed by atoms with Crippen molar-refractivity contribution in [1.29, 1.82) is 0 Å². The van der Waals surface area contributed by atoms with Crippen molar-refractivity contribution in [2.75, 3.05) is 26.5 Å². The monoisotopic (exact) mass is 335 g/mol. The quantitative estimate of drug-likeness (QED) is 0.855. The van der Waals surface area contributed by atoms with Crippen LogP contribution in [0.15, 0.2) is 35.7 Å². The number of methoxy groups -OCH3 is 2. The summed E-state index contributed by atoms with van der Waals surface area (Å²) < 4.78 is 10.8. The smallest absolute Gasteiger partial charge is 0.265 e. The van der Waals surface area contributed by atoms with Crippen molar-refractivity contribution in [3.8, 4) is 11.5 Å². The van der Waals surface area contributed by atoms with Crippen molar-refractivity contribution in [3.63, 3.8) is 0 Å². The Labute approximate surface area is 138 Å². The second-order valence-corrected chi connectivity index (χ2v) is 6.94. The summed E-state index contributed by atoms with van der Waals surface area (Å²) in [4.78, 5) is 15.4. The molecule has 0 N–H and O–H groups in total. The molecule has 116 valence electrons. The molecule has 0 radical (unpaired) electrons. The normalized spacial score (nSPS) is 17.5. The van der Waals surface area contributed by atoms with Crippen LogP contribution < -0.4 is 9.47 Å². The van der Waals surface area contributed by atoms with E-state index in [0.29, 0.717) is 0 Å². The highest BCUT2D eigenvalue weighted by Gasteiger charge is 2.33. The average Bonchev–Trinajstić information content (AvgIpc) is 3.24. The molecule has 1 saturated heterocycles. The van der Waals surface area contributed by atoms with Crippen molar-refractivity contribution in [1.82, 2.24) is 4.90 Å². The first-order chi connectivity index (χ1) is 10.7. The number of thiophene rings is 1. The molecule has 0 spiro atoms. The highest BCUT2D eigenvalue weighted by atomic mass is 32.2. The van der Waals surface area contributed by atoms with E-state index in [-0.39, 0.29) is 11.3 Å². The lowest BCUT2D eigenvalue weighted by Gasteiger charge is -2.25. The molecule has 1 atom stereocenters. The van der Waals surface area contributed by atoms with Crippen LogP contribution in [-0.4, -0.2) is 37.3 Å². The van der Waals surface area contributed by atoms with Crippen LogP contribution in [0.2, 0.25) is 0 Å². The molecule has 1 amide bonds. The first-order valence-corrected chi connectivity index (χ1v) is 8.85. The van der Waals surface area contributed by atoms with Gasteiger partial charge in [-0.25, -0.2) is 0 Å². The zero-order valence-electron chi connectivity index (χ0n) is 12.4. The Bertz CT molecular complexity index is 657. The van der Waals surface area contributed by atoms with E-state index in [1.54, 1.807) is 26.0 Å². The Morgan fingerprint density at radius 2 is 2.14 bits per heavy atom. The summed E-state index contributed by atoms with van der Waals surface area (Å²) in [6.45, 7) is 0.742. The number of hydrogen-bond donors (Lipinski definition) is 0. The van der Waals surface area contributed by atoms with Crippen LogP contribution in [0, 0.1) is 0 Å². The Morgan fingerprint density at radius 1 is 1.27 bits per heavy atom. The molecule has 1 aliphatic rings. The van der Waals surface area contributed by atoms with Crippen LogP contribution in [0.3, 0.4) is 0 Å². The molecule has 1 unspecified atom stereocenters. The zero-order valence-corrected chi connectivity index (χ0v) is 14.1. The fraction of sp³-hybridized carbons (Fsp3) is 0.312. The number of thioether (sulfide) groups is 1. The highest BCUT2D eigenvalue weighted by Crippen LogP contribution is 2.43. The molecule has 0 aliphatic carbocycles. The number of carbonyl (C=O) groups excluding carboxylic acids is 1. The lowest BCUT2D eigenvalue weighted by molar-refractivity contribution is 0.0764. The maximum absolute atomic E-state index is 12.7. The minimum atomic E-state index is -0.0420. The van der Waals surface area contributed by atoms with Crippen molar-refractivity contribution in [2.45, 2.75) is 5.37 Å². The number of carbonyl (C=O) groups is 1. The minimum Gasteiger partial charge on any atom is -0.497 e. The summed E-state index contributed by atoms with van der Waals surface area (Å²) in [7, 11) is 3.29. The van der Waals surface area contributed by atoms with E-state index >= 15 is 0 Å². The Hall–Kier alpha value is -1.66. The third kappa shape index (κ3) is 2.80. The summed E-state index contributed by atoms with van der Waals surface area (Å²) in [5, 5.41) is 1.89. The minimum absolute atomic E-state index is 0.0420. The number of hydrogen-bond acceptors (Lipinski definition) is 5. The van der Waals surface area contributed by atoms with E-state index in [1.165, 1.54) is 11.3 Å². The van der Waals surface area contributed by atoms with Gasteiger partial charge >= 0.3 is 0 Å². The standard InChI is InChI=1S/C16H17NO3S2/c1-19-11-5-6-13(20-2)12(10-11)16-17(7-9-22-16)15(18)14-4-3-8-21-14/h3-6,8,10,16H,7,9H2,1-2H3. The van der Waals surface area contributed by atoms with E-state index in [9.17, 15) is 4.79 Å². The van der Waals surface area contributed by atoms with Crippen molar-refractivity contribution in [3.05, 3.63) is 46.2 Å². The Morgan fingerprint density at radius 3 is 2.82 bits per heavy atom. The van der Waals surface area contributed by atoms with Gasteiger partial charge in [0.1, 0.15) is 16.9 Å². The summed E-state index contributed by atoms with van der Waals surface area (Å²) in [5.41, 5.74) is 0.981. The molecule has 2 heterocycles. The first-order valence-electron chi connectivity index (χ1n) is 6.92. The number of benzene rings is 1. The topological polar surface area (TPSA) is 38.8 Å². The van der Waals surface area contributed by atoms with E-state index in [2.05, 4.69) is 0 Å². The molecule has 1 aromatic heterocycles. The molecule has 1 aliphatic heterocycles. The van der Waals surface area contributed by atoms with Gasteiger partial charge in [-0.05, 0) is 29.6 Å². The van der Waals surface area contributed by atoms with Crippen LogP contribution in [0.1, 0.15) is 20.6 Å². The van der Waals surface area contributed by atoms with Gasteiger partial charge in [0.15, 0.2) is 0 Å². The van der Waals surface area contributed by atoms with E-state index in [0.717, 1.165) is 34.2 Å². The molecule has 1 fully saturated rings. The van der Waals surface area contributed by atoms with Crippen molar-refractivity contribution < 1.29 is 14.3 Å². The maximum Gasteiger partial charge on any atom is 0.265 e. The SMILES string of the molecule is COc1ccc(OC)c(C2SCCN2C(=O)c2cccs2)c1. The van der Waals surface area contributed by atoms with Crippen LogP contribution in [0.5, 0.6) is 11.5 Å². The van der Waals surface area contributed by atoms with Gasteiger partial charge < -0.3 is 14.4 Å². The molecule has 4 nitrogen and oxygen atoms in total. The molecule has 3 rings (SSSR count). The van der Waals surface area contributed by atoms with Gasteiger partial charge in [0, 0.05) is 17.9 Å². The first kappa shape index (κ1) is 15.2. The number of ether oxygens (including phenoxy) is 2. The molecule has 22 heavy (non-hydrogen) atoms. The molecule has 1 aromatic carbocycles. The Balaban J connectivity index is 1.94. The average molecular weight is 335 g/mol. The molecule has 0 saturated carbocycles. The molecule has 2 aromatic rings. The van der Waals surface area contributed by atoms with Crippen LogP contribution >= 0.6 is 23.1 Å². The third-order valence-corrected chi connectivity index (χ3v) is 5.69. The number of amides is 1. The molecular weight excluding hydrogens is 318 g/mol. The Kier molecular flexibility index (Phi) is 4.59. The molecule has 6 heteroatoms. The van der Waals surface area contributed by atoms with Crippen molar-refractivity contribution in [2.24, 2.45) is 0 Å². The van der Waals surface area contributed by atoms with Gasteiger partial charge in [-0.3, -0.25) is 4.79 Å². The van der Waals surface area contributed by atoms with Crippen LogP contribution in [-0.2, 0) is 0 Å².